The van der Waals surface area contributed by atoms with Crippen LogP contribution in [0.15, 0.2) is 0 Å². The Labute approximate surface area is 165 Å². The van der Waals surface area contributed by atoms with Gasteiger partial charge in [0.15, 0.2) is 0 Å². The second-order valence-electron chi connectivity index (χ2n) is 9.36. The van der Waals surface area contributed by atoms with Crippen LogP contribution in [0.5, 0.6) is 0 Å². The molecule has 3 rings (SSSR count). The van der Waals surface area contributed by atoms with Gasteiger partial charge in [-0.1, -0.05) is 0 Å². The van der Waals surface area contributed by atoms with Crippen molar-refractivity contribution in [1.82, 2.24) is 0 Å². The molecule has 0 unspecified atom stereocenters. The molecule has 3 fully saturated rings. The normalized spacial score (nSPS) is 24.4. The van der Waals surface area contributed by atoms with Gasteiger partial charge in [-0.15, -0.1) is 0 Å². The Morgan fingerprint density at radius 2 is 0.917 bits per heavy atom. The minimum absolute atomic E-state index is 0.792. The molecular weight excluding hydrogens is 395 g/mol. The van der Waals surface area contributed by atoms with Gasteiger partial charge in [-0.25, -0.2) is 0 Å². The van der Waals surface area contributed by atoms with Crippen molar-refractivity contribution in [2.24, 2.45) is 23.2 Å². The zero-order valence-electron chi connectivity index (χ0n) is 16.2. The molecule has 0 amide bonds. The molecule has 3 aliphatic carbocycles. The fraction of sp³-hybridized carbons (Fsp3) is 1.00. The van der Waals surface area contributed by atoms with Gasteiger partial charge in [0.2, 0.25) is 0 Å². The first kappa shape index (κ1) is 19.6. The molecule has 1 heteroatoms. The van der Waals surface area contributed by atoms with E-state index in [4.69, 9.17) is 0 Å². The Hall–Kier alpha value is 0.799. The van der Waals surface area contributed by atoms with Gasteiger partial charge in [0.1, 0.15) is 0 Å². The third-order valence-corrected chi connectivity index (χ3v) is 9.32. The second-order valence-corrected chi connectivity index (χ2v) is 11.0. The summed E-state index contributed by atoms with van der Waals surface area (Å²) in [5, 5.41) is 0. The maximum absolute atomic E-state index is 1.62. The van der Waals surface area contributed by atoms with Gasteiger partial charge in [0, 0.05) is 0 Å². The van der Waals surface area contributed by atoms with Crippen LogP contribution in [0.3, 0.4) is 0 Å². The van der Waals surface area contributed by atoms with E-state index in [1.165, 1.54) is 52.6 Å². The Bertz CT molecular complexity index is 291. The van der Waals surface area contributed by atoms with E-state index in [-0.39, 0.29) is 0 Å². The zero-order valence-corrected chi connectivity index (χ0v) is 19.5. The topological polar surface area (TPSA) is 0 Å². The van der Waals surface area contributed by atoms with Crippen LogP contribution in [-0.4, -0.2) is 22.5 Å². The minimum atomic E-state index is 0.792. The van der Waals surface area contributed by atoms with Gasteiger partial charge in [0.25, 0.3) is 0 Å². The van der Waals surface area contributed by atoms with Crippen LogP contribution in [0, 0.1) is 23.2 Å². The second kappa shape index (κ2) is 10.2. The molecule has 0 nitrogen and oxygen atoms in total. The first-order valence-electron chi connectivity index (χ1n) is 11.6. The fourth-order valence-corrected chi connectivity index (χ4v) is 7.93. The molecule has 0 spiro atoms. The van der Waals surface area contributed by atoms with Gasteiger partial charge < -0.3 is 0 Å². The standard InChI is InChI=1S/C23H41.Sn.H/c1-2-3-4-5-12-19-23(20-13-6-7-14-20,21-15-8-9-16-21)22-17-10-11-18-22;;/h20-22H,1-19H2;;. The van der Waals surface area contributed by atoms with Gasteiger partial charge in [-0.3, -0.25) is 0 Å². The molecule has 0 bridgehead atoms. The predicted molar refractivity (Wildman–Crippen MR) is 108 cm³/mol. The summed E-state index contributed by atoms with van der Waals surface area (Å²) in [5.41, 5.74) is 0.792. The summed E-state index contributed by atoms with van der Waals surface area (Å²) >= 11 is 1.47. The number of hydrogen-bond donors (Lipinski definition) is 0. The van der Waals surface area contributed by atoms with Crippen LogP contribution in [0.2, 0.25) is 4.44 Å². The molecule has 0 aromatic carbocycles. The van der Waals surface area contributed by atoms with Gasteiger partial charge in [-0.05, 0) is 0 Å². The van der Waals surface area contributed by atoms with Crippen LogP contribution in [0.25, 0.3) is 0 Å². The van der Waals surface area contributed by atoms with Crippen molar-refractivity contribution >= 4 is 22.5 Å². The molecule has 0 aromatic rings. The van der Waals surface area contributed by atoms with Gasteiger partial charge in [0.05, 0.1) is 0 Å². The van der Waals surface area contributed by atoms with Crippen molar-refractivity contribution in [3.05, 3.63) is 0 Å². The van der Waals surface area contributed by atoms with Gasteiger partial charge in [-0.2, -0.15) is 0 Å². The summed E-state index contributed by atoms with van der Waals surface area (Å²) in [7, 11) is 0. The summed E-state index contributed by atoms with van der Waals surface area (Å²) in [6.07, 6.45) is 28.1. The summed E-state index contributed by atoms with van der Waals surface area (Å²) in [4.78, 5) is 0. The molecule has 3 saturated carbocycles. The predicted octanol–water partition coefficient (Wildman–Crippen LogP) is 7.20. The summed E-state index contributed by atoms with van der Waals surface area (Å²) in [6, 6.07) is 0. The third kappa shape index (κ3) is 4.55. The van der Waals surface area contributed by atoms with Gasteiger partial charge >= 0.3 is 166 Å². The number of rotatable bonds is 10. The summed E-state index contributed by atoms with van der Waals surface area (Å²) < 4.78 is 1.52. The third-order valence-electron chi connectivity index (χ3n) is 8.16. The quantitative estimate of drug-likeness (QED) is 0.250. The zero-order chi connectivity index (χ0) is 16.7. The molecule has 0 atom stereocenters. The first-order valence-corrected chi connectivity index (χ1v) is 13.9. The fourth-order valence-electron chi connectivity index (χ4n) is 7.11. The van der Waals surface area contributed by atoms with Crippen LogP contribution in [-0.2, 0) is 0 Å². The molecule has 0 aliphatic heterocycles. The first-order chi connectivity index (χ1) is 11.9. The average Bonchev–Trinajstić information content (AvgIpc) is 3.37. The molecular formula is C23H42Sn. The van der Waals surface area contributed by atoms with E-state index < -0.39 is 0 Å². The van der Waals surface area contributed by atoms with Crippen LogP contribution < -0.4 is 0 Å². The van der Waals surface area contributed by atoms with E-state index in [1.807, 2.05) is 0 Å². The van der Waals surface area contributed by atoms with Crippen molar-refractivity contribution in [2.75, 3.05) is 0 Å². The SMILES string of the molecule is [SnH][CH2]CCCCCCC(C1CCCC1)(C1CCCC1)C1CCCC1. The van der Waals surface area contributed by atoms with E-state index in [0.717, 1.165) is 23.2 Å². The molecule has 0 saturated heterocycles. The van der Waals surface area contributed by atoms with E-state index in [1.54, 1.807) is 89.9 Å². The molecule has 3 aliphatic rings. The van der Waals surface area contributed by atoms with E-state index in [9.17, 15) is 0 Å². The Balaban J connectivity index is 1.67. The van der Waals surface area contributed by atoms with E-state index in [2.05, 4.69) is 0 Å². The molecule has 0 heterocycles. The Morgan fingerprint density at radius 1 is 0.542 bits per heavy atom. The maximum atomic E-state index is 1.62. The molecule has 0 N–H and O–H groups in total. The van der Waals surface area contributed by atoms with Crippen LogP contribution in [0.1, 0.15) is 116 Å². The van der Waals surface area contributed by atoms with Crippen LogP contribution in [0.4, 0.5) is 0 Å². The average molecular weight is 437 g/mol. The van der Waals surface area contributed by atoms with Crippen molar-refractivity contribution < 1.29 is 0 Å². The van der Waals surface area contributed by atoms with Crippen molar-refractivity contribution in [3.63, 3.8) is 0 Å². The monoisotopic (exact) mass is 438 g/mol. The van der Waals surface area contributed by atoms with Crippen molar-refractivity contribution in [1.29, 1.82) is 0 Å². The molecule has 138 valence electrons. The number of unbranched alkanes of at least 4 members (excludes halogenated alkanes) is 4. The van der Waals surface area contributed by atoms with E-state index in [0.29, 0.717) is 0 Å². The number of hydrogen-bond acceptors (Lipinski definition) is 0. The molecule has 24 heavy (non-hydrogen) atoms. The Kier molecular flexibility index (Phi) is 8.32. The Morgan fingerprint density at radius 3 is 1.33 bits per heavy atom. The van der Waals surface area contributed by atoms with Crippen molar-refractivity contribution in [2.45, 2.75) is 120 Å². The van der Waals surface area contributed by atoms with Crippen LogP contribution >= 0.6 is 0 Å². The summed E-state index contributed by atoms with van der Waals surface area (Å²) in [6.45, 7) is 0. The van der Waals surface area contributed by atoms with Crippen molar-refractivity contribution in [3.8, 4) is 0 Å². The molecule has 2 radical (unpaired) electrons. The summed E-state index contributed by atoms with van der Waals surface area (Å²) in [5.74, 6) is 3.35. The van der Waals surface area contributed by atoms with E-state index >= 15 is 0 Å². The molecule has 0 aromatic heterocycles.